The Balaban J connectivity index is 1.75. The summed E-state index contributed by atoms with van der Waals surface area (Å²) in [6.45, 7) is 12.7. The molecule has 0 fully saturated rings. The summed E-state index contributed by atoms with van der Waals surface area (Å²) in [7, 11) is -1.80. The SMILES string of the molecule is CC(C)(C)[Si](C)(C)OCCC(CNC(=O)c1ccccc1)c1ccc2ccccc2c1. The third-order valence-corrected chi connectivity index (χ3v) is 11.1. The number of hydrogen-bond donors (Lipinski definition) is 1. The van der Waals surface area contributed by atoms with Crippen molar-refractivity contribution >= 4 is 25.0 Å². The van der Waals surface area contributed by atoms with Crippen molar-refractivity contribution in [3.05, 3.63) is 83.9 Å². The lowest BCUT2D eigenvalue weighted by Gasteiger charge is -2.36. The second-order valence-corrected chi connectivity index (χ2v) is 14.6. The van der Waals surface area contributed by atoms with Gasteiger partial charge in [-0.25, -0.2) is 0 Å². The molecule has 0 aliphatic carbocycles. The van der Waals surface area contributed by atoms with Gasteiger partial charge in [-0.3, -0.25) is 4.79 Å². The van der Waals surface area contributed by atoms with Crippen LogP contribution in [0.1, 0.15) is 49.0 Å². The molecular weight excluding hydrogens is 398 g/mol. The molecule has 0 aromatic heterocycles. The standard InChI is InChI=1S/C27H35NO2Si/c1-27(2,3)31(4,5)30-18-17-25(20-28-26(29)22-12-7-6-8-13-22)24-16-15-21-11-9-10-14-23(21)19-24/h6-16,19,25H,17-18,20H2,1-5H3,(H,28,29). The van der Waals surface area contributed by atoms with Gasteiger partial charge in [-0.05, 0) is 53.0 Å². The Morgan fingerprint density at radius 3 is 2.26 bits per heavy atom. The first-order valence-electron chi connectivity index (χ1n) is 11.1. The van der Waals surface area contributed by atoms with E-state index in [4.69, 9.17) is 4.43 Å². The van der Waals surface area contributed by atoms with Crippen molar-refractivity contribution in [2.45, 2.75) is 51.2 Å². The van der Waals surface area contributed by atoms with Crippen LogP contribution in [0.15, 0.2) is 72.8 Å². The van der Waals surface area contributed by atoms with Crippen molar-refractivity contribution in [1.82, 2.24) is 5.32 Å². The lowest BCUT2D eigenvalue weighted by molar-refractivity contribution is 0.0949. The topological polar surface area (TPSA) is 38.3 Å². The maximum atomic E-state index is 12.6. The van der Waals surface area contributed by atoms with Gasteiger partial charge in [0.05, 0.1) is 0 Å². The Morgan fingerprint density at radius 1 is 0.935 bits per heavy atom. The third kappa shape index (κ3) is 6.05. The summed E-state index contributed by atoms with van der Waals surface area (Å²) in [5, 5.41) is 5.79. The van der Waals surface area contributed by atoms with Crippen molar-refractivity contribution in [3.63, 3.8) is 0 Å². The van der Waals surface area contributed by atoms with Gasteiger partial charge in [-0.15, -0.1) is 0 Å². The highest BCUT2D eigenvalue weighted by molar-refractivity contribution is 6.74. The Labute approximate surface area is 188 Å². The zero-order chi connectivity index (χ0) is 22.5. The molecule has 164 valence electrons. The van der Waals surface area contributed by atoms with Crippen LogP contribution in [0.3, 0.4) is 0 Å². The molecule has 3 nitrogen and oxygen atoms in total. The summed E-state index contributed by atoms with van der Waals surface area (Å²) in [6.07, 6.45) is 0.875. The smallest absolute Gasteiger partial charge is 0.251 e. The molecule has 3 aromatic rings. The predicted octanol–water partition coefficient (Wildman–Crippen LogP) is 6.77. The van der Waals surface area contributed by atoms with Crippen molar-refractivity contribution < 1.29 is 9.22 Å². The highest BCUT2D eigenvalue weighted by Gasteiger charge is 2.37. The summed E-state index contributed by atoms with van der Waals surface area (Å²) >= 11 is 0. The maximum absolute atomic E-state index is 12.6. The molecule has 0 heterocycles. The molecule has 0 bridgehead atoms. The van der Waals surface area contributed by atoms with Crippen molar-refractivity contribution in [2.24, 2.45) is 0 Å². The predicted molar refractivity (Wildman–Crippen MR) is 133 cm³/mol. The quantitative estimate of drug-likeness (QED) is 0.398. The van der Waals surface area contributed by atoms with E-state index in [0.29, 0.717) is 18.7 Å². The lowest BCUT2D eigenvalue weighted by atomic mass is 9.93. The fourth-order valence-electron chi connectivity index (χ4n) is 3.43. The number of carbonyl (C=O) groups excluding carboxylic acids is 1. The molecule has 4 heteroatoms. The van der Waals surface area contributed by atoms with Crippen LogP contribution in [0.2, 0.25) is 18.1 Å². The number of rotatable bonds is 8. The number of fused-ring (bicyclic) bond motifs is 1. The Morgan fingerprint density at radius 2 is 1.58 bits per heavy atom. The molecular formula is C27H35NO2Si. The fraction of sp³-hybridized carbons (Fsp3) is 0.370. The number of hydrogen-bond acceptors (Lipinski definition) is 2. The molecule has 31 heavy (non-hydrogen) atoms. The second-order valence-electron chi connectivity index (χ2n) is 9.78. The molecule has 0 aliphatic rings. The fourth-order valence-corrected chi connectivity index (χ4v) is 4.49. The van der Waals surface area contributed by atoms with Crippen LogP contribution in [-0.2, 0) is 4.43 Å². The van der Waals surface area contributed by atoms with Gasteiger partial charge in [0, 0.05) is 24.6 Å². The van der Waals surface area contributed by atoms with Gasteiger partial charge in [0.1, 0.15) is 0 Å². The van der Waals surface area contributed by atoms with E-state index in [9.17, 15) is 4.79 Å². The van der Waals surface area contributed by atoms with Crippen LogP contribution in [0.4, 0.5) is 0 Å². The third-order valence-electron chi connectivity index (χ3n) is 6.53. The molecule has 0 spiro atoms. The summed E-state index contributed by atoms with van der Waals surface area (Å²) in [5.41, 5.74) is 1.93. The highest BCUT2D eigenvalue weighted by Crippen LogP contribution is 2.37. The van der Waals surface area contributed by atoms with Crippen LogP contribution in [0.25, 0.3) is 10.8 Å². The van der Waals surface area contributed by atoms with E-state index < -0.39 is 8.32 Å². The minimum atomic E-state index is -1.80. The number of benzene rings is 3. The van der Waals surface area contributed by atoms with Gasteiger partial charge in [0.15, 0.2) is 8.32 Å². The summed E-state index contributed by atoms with van der Waals surface area (Å²) in [4.78, 5) is 12.6. The first kappa shape index (κ1) is 23.2. The average Bonchev–Trinajstić information content (AvgIpc) is 2.75. The Kier molecular flexibility index (Phi) is 7.34. The van der Waals surface area contributed by atoms with E-state index in [2.05, 4.69) is 81.6 Å². The molecule has 1 unspecified atom stereocenters. The zero-order valence-electron chi connectivity index (χ0n) is 19.4. The van der Waals surface area contributed by atoms with Gasteiger partial charge in [0.25, 0.3) is 5.91 Å². The molecule has 1 N–H and O–H groups in total. The average molecular weight is 434 g/mol. The number of carbonyl (C=O) groups is 1. The van der Waals surface area contributed by atoms with Crippen LogP contribution >= 0.6 is 0 Å². The molecule has 3 rings (SSSR count). The van der Waals surface area contributed by atoms with E-state index in [1.165, 1.54) is 16.3 Å². The lowest BCUT2D eigenvalue weighted by Crippen LogP contribution is -2.41. The number of amides is 1. The summed E-state index contributed by atoms with van der Waals surface area (Å²) in [6, 6.07) is 24.4. The van der Waals surface area contributed by atoms with Gasteiger partial charge in [-0.1, -0.05) is 81.4 Å². The molecule has 0 radical (unpaired) electrons. The molecule has 0 saturated carbocycles. The summed E-state index contributed by atoms with van der Waals surface area (Å²) in [5.74, 6) is 0.166. The van der Waals surface area contributed by atoms with E-state index in [0.717, 1.165) is 6.42 Å². The van der Waals surface area contributed by atoms with Crippen LogP contribution in [0, 0.1) is 0 Å². The summed E-state index contributed by atoms with van der Waals surface area (Å²) < 4.78 is 6.45. The highest BCUT2D eigenvalue weighted by atomic mass is 28.4. The first-order valence-corrected chi connectivity index (χ1v) is 14.0. The largest absolute Gasteiger partial charge is 0.417 e. The van der Waals surface area contributed by atoms with Crippen molar-refractivity contribution in [2.75, 3.05) is 13.2 Å². The minimum Gasteiger partial charge on any atom is -0.417 e. The van der Waals surface area contributed by atoms with Gasteiger partial charge >= 0.3 is 0 Å². The Hall–Kier alpha value is -2.43. The number of nitrogens with one attached hydrogen (secondary N) is 1. The zero-order valence-corrected chi connectivity index (χ0v) is 20.4. The normalized spacial score (nSPS) is 13.2. The van der Waals surface area contributed by atoms with Gasteiger partial charge in [-0.2, -0.15) is 0 Å². The molecule has 3 aromatic carbocycles. The van der Waals surface area contributed by atoms with E-state index in [1.807, 2.05) is 30.3 Å². The monoisotopic (exact) mass is 433 g/mol. The van der Waals surface area contributed by atoms with E-state index >= 15 is 0 Å². The second kappa shape index (κ2) is 9.80. The van der Waals surface area contributed by atoms with Gasteiger partial charge < -0.3 is 9.74 Å². The first-order chi connectivity index (χ1) is 14.7. The van der Waals surface area contributed by atoms with Crippen LogP contribution < -0.4 is 5.32 Å². The van der Waals surface area contributed by atoms with Gasteiger partial charge in [0.2, 0.25) is 0 Å². The molecule has 0 saturated heterocycles. The molecule has 0 aliphatic heterocycles. The van der Waals surface area contributed by atoms with Crippen molar-refractivity contribution in [1.29, 1.82) is 0 Å². The van der Waals surface area contributed by atoms with Crippen LogP contribution in [-0.4, -0.2) is 27.4 Å². The Bertz CT molecular complexity index is 1010. The molecule has 1 atom stereocenters. The van der Waals surface area contributed by atoms with Crippen molar-refractivity contribution in [3.8, 4) is 0 Å². The van der Waals surface area contributed by atoms with Crippen LogP contribution in [0.5, 0.6) is 0 Å². The van der Waals surface area contributed by atoms with E-state index in [1.54, 1.807) is 0 Å². The molecule has 1 amide bonds. The maximum Gasteiger partial charge on any atom is 0.251 e. The minimum absolute atomic E-state index is 0.0308. The van der Waals surface area contributed by atoms with E-state index in [-0.39, 0.29) is 16.9 Å².